The summed E-state index contributed by atoms with van der Waals surface area (Å²) < 4.78 is 9.40. The number of fused-ring (bicyclic) bond motifs is 4. The van der Waals surface area contributed by atoms with Crippen LogP contribution in [0.1, 0.15) is 27.4 Å². The van der Waals surface area contributed by atoms with Gasteiger partial charge in [-0.25, -0.2) is 4.79 Å². The van der Waals surface area contributed by atoms with Crippen molar-refractivity contribution >= 4 is 44.2 Å². The number of nitrogens with zero attached hydrogens (tertiary/aromatic N) is 5. The Hall–Kier alpha value is -3.59. The number of ether oxygens (including phenoxy) is 1. The monoisotopic (exact) mass is 419 g/mol. The van der Waals surface area contributed by atoms with Crippen LogP contribution in [0, 0.1) is 13.8 Å². The predicted octanol–water partition coefficient (Wildman–Crippen LogP) is 3.16. The van der Waals surface area contributed by atoms with Crippen molar-refractivity contribution in [3.63, 3.8) is 0 Å². The number of carbonyl (C=O) groups excluding carboxylic acids is 1. The van der Waals surface area contributed by atoms with E-state index >= 15 is 0 Å². The molecule has 0 saturated heterocycles. The van der Waals surface area contributed by atoms with Crippen molar-refractivity contribution < 1.29 is 9.53 Å². The fraction of sp³-hybridized carbons (Fsp3) is 0.190. The third-order valence-electron chi connectivity index (χ3n) is 5.04. The van der Waals surface area contributed by atoms with Gasteiger partial charge in [0.1, 0.15) is 4.70 Å². The van der Waals surface area contributed by atoms with E-state index in [0.717, 1.165) is 22.2 Å². The Morgan fingerprint density at radius 3 is 2.83 bits per heavy atom. The van der Waals surface area contributed by atoms with E-state index in [-0.39, 0.29) is 12.2 Å². The Balaban J connectivity index is 1.54. The van der Waals surface area contributed by atoms with E-state index in [4.69, 9.17) is 4.74 Å². The van der Waals surface area contributed by atoms with Gasteiger partial charge in [0.25, 0.3) is 5.56 Å². The van der Waals surface area contributed by atoms with Crippen LogP contribution in [-0.2, 0) is 18.4 Å². The molecule has 4 aromatic heterocycles. The van der Waals surface area contributed by atoms with E-state index in [1.54, 1.807) is 17.5 Å². The van der Waals surface area contributed by atoms with Crippen molar-refractivity contribution in [3.8, 4) is 0 Å². The summed E-state index contributed by atoms with van der Waals surface area (Å²) in [5.74, 6) is 0.389. The number of pyridine rings is 1. The highest BCUT2D eigenvalue weighted by molar-refractivity contribution is 7.17. The van der Waals surface area contributed by atoms with Gasteiger partial charge in [0, 0.05) is 18.1 Å². The average Bonchev–Trinajstić information content (AvgIpc) is 3.37. The van der Waals surface area contributed by atoms with Crippen LogP contribution in [0.25, 0.3) is 26.9 Å². The third-order valence-corrected chi connectivity index (χ3v) is 5.93. The van der Waals surface area contributed by atoms with Crippen LogP contribution in [-0.4, -0.2) is 30.1 Å². The maximum Gasteiger partial charge on any atom is 0.339 e. The lowest BCUT2D eigenvalue weighted by atomic mass is 10.1. The topological polar surface area (TPSA) is 91.4 Å². The second kappa shape index (κ2) is 6.74. The van der Waals surface area contributed by atoms with Crippen molar-refractivity contribution in [1.82, 2.24) is 24.1 Å². The molecule has 0 saturated carbocycles. The second-order valence-electron chi connectivity index (χ2n) is 7.16. The number of rotatable bonds is 3. The summed E-state index contributed by atoms with van der Waals surface area (Å²) in [6, 6.07) is 9.35. The minimum Gasteiger partial charge on any atom is -0.454 e. The van der Waals surface area contributed by atoms with Crippen molar-refractivity contribution in [3.05, 3.63) is 68.7 Å². The highest BCUT2D eigenvalue weighted by atomic mass is 32.1. The van der Waals surface area contributed by atoms with E-state index in [0.29, 0.717) is 27.4 Å². The Bertz CT molecular complexity index is 1530. The lowest BCUT2D eigenvalue weighted by Gasteiger charge is -2.09. The minimum atomic E-state index is -0.459. The van der Waals surface area contributed by atoms with E-state index in [1.807, 2.05) is 43.5 Å². The van der Waals surface area contributed by atoms with E-state index in [9.17, 15) is 9.59 Å². The highest BCUT2D eigenvalue weighted by Crippen LogP contribution is 2.22. The largest absolute Gasteiger partial charge is 0.454 e. The molecule has 0 amide bonds. The molecule has 5 rings (SSSR count). The van der Waals surface area contributed by atoms with Crippen LogP contribution < -0.4 is 5.56 Å². The summed E-state index contributed by atoms with van der Waals surface area (Å²) in [6.45, 7) is 3.74. The molecule has 30 heavy (non-hydrogen) atoms. The molecule has 0 aliphatic carbocycles. The molecule has 0 spiro atoms. The molecule has 0 unspecified atom stereocenters. The molecule has 1 aromatic carbocycles. The molecule has 4 heterocycles. The maximum atomic E-state index is 12.9. The molecular formula is C21H17N5O3S. The summed E-state index contributed by atoms with van der Waals surface area (Å²) in [5, 5.41) is 10.9. The standard InChI is InChI=1S/C21H17N5O3S/c1-11-4-5-15-13(8-11)14(9-12(2)22-15)20(28)29-10-17-23-24-21-25(3)19(27)18-16(26(17)21)6-7-30-18/h4-9H,10H2,1-3H3. The molecule has 0 aliphatic rings. The van der Waals surface area contributed by atoms with Gasteiger partial charge in [-0.05, 0) is 43.5 Å². The molecule has 5 aromatic rings. The molecule has 0 aliphatic heterocycles. The number of aryl methyl sites for hydroxylation is 3. The molecule has 8 nitrogen and oxygen atoms in total. The number of hydrogen-bond acceptors (Lipinski definition) is 7. The average molecular weight is 419 g/mol. The Labute approximate surface area is 174 Å². The van der Waals surface area contributed by atoms with Crippen molar-refractivity contribution in [2.24, 2.45) is 7.05 Å². The van der Waals surface area contributed by atoms with E-state index in [1.165, 1.54) is 15.9 Å². The summed E-state index contributed by atoms with van der Waals surface area (Å²) in [6.07, 6.45) is 0. The van der Waals surface area contributed by atoms with Crippen molar-refractivity contribution in [2.75, 3.05) is 0 Å². The minimum absolute atomic E-state index is 0.0716. The SMILES string of the molecule is Cc1ccc2nc(C)cc(C(=O)OCc3nnc4n(C)c(=O)c5sccc5n34)c2c1. The summed E-state index contributed by atoms with van der Waals surface area (Å²) in [5.41, 5.74) is 3.55. The van der Waals surface area contributed by atoms with E-state index < -0.39 is 5.97 Å². The zero-order chi connectivity index (χ0) is 21.0. The number of carbonyl (C=O) groups is 1. The van der Waals surface area contributed by atoms with Gasteiger partial charge in [0.05, 0.1) is 16.6 Å². The molecule has 150 valence electrons. The lowest BCUT2D eigenvalue weighted by molar-refractivity contribution is 0.0463. The number of hydrogen-bond donors (Lipinski definition) is 0. The zero-order valence-electron chi connectivity index (χ0n) is 16.5. The fourth-order valence-electron chi connectivity index (χ4n) is 3.60. The third kappa shape index (κ3) is 2.78. The Morgan fingerprint density at radius 1 is 1.17 bits per heavy atom. The number of benzene rings is 1. The molecule has 0 N–H and O–H groups in total. The predicted molar refractivity (Wildman–Crippen MR) is 114 cm³/mol. The van der Waals surface area contributed by atoms with Gasteiger partial charge < -0.3 is 4.74 Å². The van der Waals surface area contributed by atoms with Gasteiger partial charge in [-0.15, -0.1) is 21.5 Å². The van der Waals surface area contributed by atoms with Gasteiger partial charge in [-0.1, -0.05) is 11.6 Å². The number of aromatic nitrogens is 5. The van der Waals surface area contributed by atoms with Gasteiger partial charge in [0.2, 0.25) is 5.78 Å². The van der Waals surface area contributed by atoms with Crippen LogP contribution in [0.2, 0.25) is 0 Å². The van der Waals surface area contributed by atoms with Crippen LogP contribution in [0.5, 0.6) is 0 Å². The van der Waals surface area contributed by atoms with Gasteiger partial charge in [0.15, 0.2) is 12.4 Å². The summed E-state index contributed by atoms with van der Waals surface area (Å²) in [4.78, 5) is 29.9. The van der Waals surface area contributed by atoms with Crippen LogP contribution >= 0.6 is 11.3 Å². The van der Waals surface area contributed by atoms with Gasteiger partial charge in [-0.2, -0.15) is 0 Å². The first kappa shape index (κ1) is 18.4. The molecule has 0 radical (unpaired) electrons. The Morgan fingerprint density at radius 2 is 2.00 bits per heavy atom. The molecular weight excluding hydrogens is 402 g/mol. The van der Waals surface area contributed by atoms with Crippen LogP contribution in [0.4, 0.5) is 0 Å². The number of esters is 1. The first-order valence-electron chi connectivity index (χ1n) is 9.29. The lowest BCUT2D eigenvalue weighted by Crippen LogP contribution is -2.19. The fourth-order valence-corrected chi connectivity index (χ4v) is 4.45. The van der Waals surface area contributed by atoms with Crippen LogP contribution in [0.3, 0.4) is 0 Å². The van der Waals surface area contributed by atoms with Crippen LogP contribution in [0.15, 0.2) is 40.5 Å². The molecule has 9 heteroatoms. The zero-order valence-corrected chi connectivity index (χ0v) is 17.4. The second-order valence-corrected chi connectivity index (χ2v) is 8.07. The smallest absolute Gasteiger partial charge is 0.339 e. The summed E-state index contributed by atoms with van der Waals surface area (Å²) in [7, 11) is 1.65. The van der Waals surface area contributed by atoms with Gasteiger partial charge in [-0.3, -0.25) is 18.7 Å². The quantitative estimate of drug-likeness (QED) is 0.417. The normalized spacial score (nSPS) is 11.6. The van der Waals surface area contributed by atoms with Gasteiger partial charge >= 0.3 is 5.97 Å². The van der Waals surface area contributed by atoms with E-state index in [2.05, 4.69) is 15.2 Å². The van der Waals surface area contributed by atoms with Crippen molar-refractivity contribution in [2.45, 2.75) is 20.5 Å². The maximum absolute atomic E-state index is 12.9. The molecule has 0 fully saturated rings. The van der Waals surface area contributed by atoms with Crippen molar-refractivity contribution in [1.29, 1.82) is 0 Å². The first-order chi connectivity index (χ1) is 14.4. The number of thiophene rings is 1. The first-order valence-corrected chi connectivity index (χ1v) is 10.2. The highest BCUT2D eigenvalue weighted by Gasteiger charge is 2.18. The molecule has 0 atom stereocenters. The molecule has 0 bridgehead atoms. The Kier molecular flexibility index (Phi) is 4.14. The summed E-state index contributed by atoms with van der Waals surface area (Å²) >= 11 is 1.36.